The van der Waals surface area contributed by atoms with Crippen LogP contribution in [0.2, 0.25) is 0 Å². The van der Waals surface area contributed by atoms with Crippen LogP contribution in [0.3, 0.4) is 0 Å². The SMILES string of the molecule is CCOC(=O)C(c1ccc(NS(C)(=O)=O)c(F)c1)C1CCCCC1C. The van der Waals surface area contributed by atoms with E-state index in [2.05, 4.69) is 11.6 Å². The first-order chi connectivity index (χ1) is 11.7. The Labute approximate surface area is 149 Å². The second-order valence-electron chi connectivity index (χ2n) is 6.77. The molecule has 1 saturated carbocycles. The molecule has 0 spiro atoms. The van der Waals surface area contributed by atoms with Gasteiger partial charge >= 0.3 is 5.97 Å². The predicted octanol–water partition coefficient (Wildman–Crippen LogP) is 3.67. The van der Waals surface area contributed by atoms with E-state index in [1.54, 1.807) is 13.0 Å². The number of rotatable bonds is 6. The molecule has 0 radical (unpaired) electrons. The van der Waals surface area contributed by atoms with E-state index in [1.807, 2.05) is 0 Å². The van der Waals surface area contributed by atoms with Gasteiger partial charge in [-0.25, -0.2) is 12.8 Å². The summed E-state index contributed by atoms with van der Waals surface area (Å²) in [6.07, 6.45) is 5.08. The Morgan fingerprint density at radius 3 is 2.60 bits per heavy atom. The summed E-state index contributed by atoms with van der Waals surface area (Å²) in [6, 6.07) is 4.22. The lowest BCUT2D eigenvalue weighted by Gasteiger charge is -2.34. The number of hydrogen-bond acceptors (Lipinski definition) is 4. The van der Waals surface area contributed by atoms with Crippen LogP contribution in [0.15, 0.2) is 18.2 Å². The van der Waals surface area contributed by atoms with Crippen LogP contribution < -0.4 is 4.72 Å². The Hall–Kier alpha value is -1.63. The van der Waals surface area contributed by atoms with Crippen molar-refractivity contribution in [1.29, 1.82) is 0 Å². The second-order valence-corrected chi connectivity index (χ2v) is 8.52. The smallest absolute Gasteiger partial charge is 0.313 e. The average molecular weight is 371 g/mol. The molecule has 3 atom stereocenters. The lowest BCUT2D eigenvalue weighted by molar-refractivity contribution is -0.147. The highest BCUT2D eigenvalue weighted by molar-refractivity contribution is 7.92. The van der Waals surface area contributed by atoms with Crippen molar-refractivity contribution in [2.24, 2.45) is 11.8 Å². The fraction of sp³-hybridized carbons (Fsp3) is 0.611. The molecule has 5 nitrogen and oxygen atoms in total. The van der Waals surface area contributed by atoms with E-state index in [9.17, 15) is 17.6 Å². The molecule has 0 saturated heterocycles. The molecule has 3 unspecified atom stereocenters. The molecule has 140 valence electrons. The first-order valence-corrected chi connectivity index (χ1v) is 10.6. The van der Waals surface area contributed by atoms with Gasteiger partial charge in [-0.3, -0.25) is 9.52 Å². The van der Waals surface area contributed by atoms with Gasteiger partial charge in [0.15, 0.2) is 0 Å². The molecule has 7 heteroatoms. The lowest BCUT2D eigenvalue weighted by atomic mass is 9.71. The number of esters is 1. The van der Waals surface area contributed by atoms with Gasteiger partial charge in [-0.15, -0.1) is 0 Å². The highest BCUT2D eigenvalue weighted by Crippen LogP contribution is 2.41. The Kier molecular flexibility index (Phi) is 6.43. The van der Waals surface area contributed by atoms with Crippen molar-refractivity contribution in [2.45, 2.75) is 45.4 Å². The van der Waals surface area contributed by atoms with Crippen molar-refractivity contribution < 1.29 is 22.3 Å². The van der Waals surface area contributed by atoms with Gasteiger partial charge in [-0.2, -0.15) is 0 Å². The van der Waals surface area contributed by atoms with Crippen LogP contribution >= 0.6 is 0 Å². The van der Waals surface area contributed by atoms with E-state index in [-0.39, 0.29) is 24.2 Å². The average Bonchev–Trinajstić information content (AvgIpc) is 2.51. The normalized spacial score (nSPS) is 22.2. The molecule has 1 aromatic rings. The molecule has 1 aliphatic carbocycles. The summed E-state index contributed by atoms with van der Waals surface area (Å²) in [5, 5.41) is 0. The van der Waals surface area contributed by atoms with E-state index in [1.165, 1.54) is 12.1 Å². The zero-order valence-corrected chi connectivity index (χ0v) is 15.7. The maximum atomic E-state index is 14.4. The van der Waals surface area contributed by atoms with Gasteiger partial charge in [0.2, 0.25) is 10.0 Å². The number of carbonyl (C=O) groups is 1. The zero-order valence-electron chi connectivity index (χ0n) is 14.9. The third kappa shape index (κ3) is 5.17. The minimum atomic E-state index is -3.57. The molecule has 25 heavy (non-hydrogen) atoms. The van der Waals surface area contributed by atoms with Gasteiger partial charge in [0.1, 0.15) is 5.82 Å². The molecule has 2 rings (SSSR count). The number of anilines is 1. The van der Waals surface area contributed by atoms with Crippen molar-refractivity contribution >= 4 is 21.7 Å². The maximum Gasteiger partial charge on any atom is 0.313 e. The quantitative estimate of drug-likeness (QED) is 0.775. The second kappa shape index (κ2) is 8.17. The number of sulfonamides is 1. The van der Waals surface area contributed by atoms with E-state index >= 15 is 0 Å². The number of carbonyl (C=O) groups excluding carboxylic acids is 1. The Bertz CT molecular complexity index is 720. The molecule has 1 aliphatic rings. The minimum absolute atomic E-state index is 0.0981. The van der Waals surface area contributed by atoms with Gasteiger partial charge in [0.25, 0.3) is 0 Å². The van der Waals surface area contributed by atoms with Crippen LogP contribution in [-0.4, -0.2) is 27.2 Å². The third-order valence-corrected chi connectivity index (χ3v) is 5.38. The molecule has 1 N–H and O–H groups in total. The summed E-state index contributed by atoms with van der Waals surface area (Å²) in [5.74, 6) is -1.12. The highest BCUT2D eigenvalue weighted by atomic mass is 32.2. The molecular weight excluding hydrogens is 345 g/mol. The van der Waals surface area contributed by atoms with Crippen molar-refractivity contribution in [2.75, 3.05) is 17.6 Å². The Balaban J connectivity index is 2.36. The van der Waals surface area contributed by atoms with Crippen molar-refractivity contribution in [3.8, 4) is 0 Å². The van der Waals surface area contributed by atoms with Crippen molar-refractivity contribution in [3.63, 3.8) is 0 Å². The first-order valence-electron chi connectivity index (χ1n) is 8.66. The molecule has 1 aromatic carbocycles. The molecular formula is C18H26FNO4S. The van der Waals surface area contributed by atoms with Crippen LogP contribution in [0.1, 0.15) is 51.0 Å². The van der Waals surface area contributed by atoms with Crippen molar-refractivity contribution in [3.05, 3.63) is 29.6 Å². The molecule has 1 fully saturated rings. The van der Waals surface area contributed by atoms with Crippen molar-refractivity contribution in [1.82, 2.24) is 0 Å². The number of hydrogen-bond donors (Lipinski definition) is 1. The van der Waals surface area contributed by atoms with Gasteiger partial charge < -0.3 is 4.74 Å². The summed E-state index contributed by atoms with van der Waals surface area (Å²) in [5.41, 5.74) is 0.416. The Morgan fingerprint density at radius 2 is 2.04 bits per heavy atom. The van der Waals surface area contributed by atoms with Gasteiger partial charge in [0, 0.05) is 0 Å². The predicted molar refractivity (Wildman–Crippen MR) is 95.4 cm³/mol. The monoisotopic (exact) mass is 371 g/mol. The standard InChI is InChI=1S/C18H26FNO4S/c1-4-24-18(21)17(14-8-6-5-7-12(14)2)13-9-10-16(15(19)11-13)20-25(3,22)23/h9-12,14,17,20H,4-8H2,1-3H3. The fourth-order valence-electron chi connectivity index (χ4n) is 3.64. The summed E-state index contributed by atoms with van der Waals surface area (Å²) >= 11 is 0. The lowest BCUT2D eigenvalue weighted by Crippen LogP contribution is -2.30. The zero-order chi connectivity index (χ0) is 18.6. The van der Waals surface area contributed by atoms with E-state index in [0.717, 1.165) is 31.9 Å². The van der Waals surface area contributed by atoms with E-state index in [0.29, 0.717) is 11.5 Å². The summed E-state index contributed by atoms with van der Waals surface area (Å²) in [4.78, 5) is 12.6. The van der Waals surface area contributed by atoms with E-state index < -0.39 is 21.8 Å². The topological polar surface area (TPSA) is 72.5 Å². The molecule has 0 heterocycles. The summed E-state index contributed by atoms with van der Waals surface area (Å²) < 4.78 is 44.4. The van der Waals surface area contributed by atoms with Gasteiger partial charge in [-0.1, -0.05) is 32.3 Å². The molecule has 0 bridgehead atoms. The van der Waals surface area contributed by atoms with Crippen LogP contribution in [0.5, 0.6) is 0 Å². The Morgan fingerprint density at radius 1 is 1.36 bits per heavy atom. The van der Waals surface area contributed by atoms with Gasteiger partial charge in [0.05, 0.1) is 24.5 Å². The largest absolute Gasteiger partial charge is 0.466 e. The van der Waals surface area contributed by atoms with E-state index in [4.69, 9.17) is 4.74 Å². The molecule has 0 aliphatic heterocycles. The number of nitrogens with one attached hydrogen (secondary N) is 1. The molecule has 0 aromatic heterocycles. The third-order valence-electron chi connectivity index (χ3n) is 4.79. The number of halogens is 1. The van der Waals surface area contributed by atoms with Crippen LogP contribution in [0.4, 0.5) is 10.1 Å². The van der Waals surface area contributed by atoms with Crippen LogP contribution in [-0.2, 0) is 19.6 Å². The minimum Gasteiger partial charge on any atom is -0.466 e. The van der Waals surface area contributed by atoms with Crippen LogP contribution in [0.25, 0.3) is 0 Å². The first kappa shape index (κ1) is 19.7. The highest BCUT2D eigenvalue weighted by Gasteiger charge is 2.36. The number of ether oxygens (including phenoxy) is 1. The summed E-state index contributed by atoms with van der Waals surface area (Å²) in [7, 11) is -3.57. The van der Waals surface area contributed by atoms with Crippen LogP contribution in [0, 0.1) is 17.7 Å². The fourth-order valence-corrected chi connectivity index (χ4v) is 4.20. The molecule has 0 amide bonds. The number of benzene rings is 1. The maximum absolute atomic E-state index is 14.4. The van der Waals surface area contributed by atoms with Gasteiger partial charge in [-0.05, 0) is 42.9 Å². The summed E-state index contributed by atoms with van der Waals surface area (Å²) in [6.45, 7) is 4.14.